The third-order valence-electron chi connectivity index (χ3n) is 2.99. The third kappa shape index (κ3) is 4.49. The summed E-state index contributed by atoms with van der Waals surface area (Å²) in [5.74, 6) is 0.551. The van der Waals surface area contributed by atoms with Gasteiger partial charge in [0.25, 0.3) is 0 Å². The number of furan rings is 1. The smallest absolute Gasteiger partial charge is 0.416 e. The van der Waals surface area contributed by atoms with Gasteiger partial charge in [-0.3, -0.25) is 0 Å². The van der Waals surface area contributed by atoms with Crippen LogP contribution in [0.2, 0.25) is 5.02 Å². The third-order valence-corrected chi connectivity index (χ3v) is 5.06. The lowest BCUT2D eigenvalue weighted by molar-refractivity contribution is -0.137. The lowest BCUT2D eigenvalue weighted by Gasteiger charge is -2.15. The Morgan fingerprint density at radius 1 is 1.30 bits per heavy atom. The van der Waals surface area contributed by atoms with Gasteiger partial charge in [-0.25, -0.2) is 13.1 Å². The summed E-state index contributed by atoms with van der Waals surface area (Å²) in [6.07, 6.45) is -2.96. The lowest BCUT2D eigenvalue weighted by Crippen LogP contribution is -2.34. The van der Waals surface area contributed by atoms with Crippen LogP contribution in [0.5, 0.6) is 0 Å². The molecule has 0 aliphatic carbocycles. The van der Waals surface area contributed by atoms with Crippen LogP contribution in [0.4, 0.5) is 13.2 Å². The Hall–Kier alpha value is -1.51. The number of halogens is 4. The monoisotopic (exact) mass is 367 g/mol. The summed E-state index contributed by atoms with van der Waals surface area (Å²) in [4.78, 5) is -0.611. The van der Waals surface area contributed by atoms with Crippen molar-refractivity contribution in [3.63, 3.8) is 0 Å². The first-order valence-electron chi connectivity index (χ1n) is 6.51. The van der Waals surface area contributed by atoms with Crippen molar-refractivity contribution in [1.29, 1.82) is 0 Å². The molecule has 0 saturated heterocycles. The molecule has 4 nitrogen and oxygen atoms in total. The van der Waals surface area contributed by atoms with Gasteiger partial charge in [0, 0.05) is 12.5 Å². The normalized spacial score (nSPS) is 14.0. The first-order chi connectivity index (χ1) is 10.6. The van der Waals surface area contributed by atoms with Crippen LogP contribution in [0, 0.1) is 0 Å². The van der Waals surface area contributed by atoms with Crippen molar-refractivity contribution in [1.82, 2.24) is 4.72 Å². The number of sulfonamides is 1. The highest BCUT2D eigenvalue weighted by Crippen LogP contribution is 2.33. The van der Waals surface area contributed by atoms with Gasteiger partial charge in [-0.1, -0.05) is 11.6 Å². The van der Waals surface area contributed by atoms with E-state index < -0.39 is 32.7 Å². The van der Waals surface area contributed by atoms with Crippen molar-refractivity contribution in [2.45, 2.75) is 30.5 Å². The van der Waals surface area contributed by atoms with Gasteiger partial charge in [-0.2, -0.15) is 13.2 Å². The molecule has 0 fully saturated rings. The number of alkyl halides is 3. The highest BCUT2D eigenvalue weighted by Gasteiger charge is 2.33. The molecule has 1 N–H and O–H groups in total. The summed E-state index contributed by atoms with van der Waals surface area (Å²) in [6, 6.07) is 4.90. The maximum Gasteiger partial charge on any atom is 0.416 e. The zero-order chi connectivity index (χ0) is 17.3. The Morgan fingerprint density at radius 2 is 2.00 bits per heavy atom. The Bertz CT molecular complexity index is 773. The lowest BCUT2D eigenvalue weighted by atomic mass is 10.2. The fourth-order valence-electron chi connectivity index (χ4n) is 1.99. The van der Waals surface area contributed by atoms with Crippen LogP contribution in [0.1, 0.15) is 18.2 Å². The summed E-state index contributed by atoms with van der Waals surface area (Å²) < 4.78 is 70.1. The molecule has 0 radical (unpaired) electrons. The second-order valence-electron chi connectivity index (χ2n) is 4.95. The van der Waals surface area contributed by atoms with Gasteiger partial charge in [0.2, 0.25) is 10.0 Å². The van der Waals surface area contributed by atoms with Crippen molar-refractivity contribution in [3.8, 4) is 0 Å². The van der Waals surface area contributed by atoms with Crippen molar-refractivity contribution in [2.24, 2.45) is 0 Å². The number of hydrogen-bond donors (Lipinski definition) is 1. The van der Waals surface area contributed by atoms with E-state index in [1.807, 2.05) is 0 Å². The zero-order valence-corrected chi connectivity index (χ0v) is 13.5. The van der Waals surface area contributed by atoms with Gasteiger partial charge in [-0.15, -0.1) is 0 Å². The Balaban J connectivity index is 2.25. The summed E-state index contributed by atoms with van der Waals surface area (Å²) in [5.41, 5.74) is -1.08. The average molecular weight is 368 g/mol. The van der Waals surface area contributed by atoms with Crippen molar-refractivity contribution >= 4 is 21.6 Å². The van der Waals surface area contributed by atoms with Crippen LogP contribution < -0.4 is 4.72 Å². The summed E-state index contributed by atoms with van der Waals surface area (Å²) in [7, 11) is -4.20. The molecule has 0 aliphatic rings. The van der Waals surface area contributed by atoms with Crippen LogP contribution in [0.15, 0.2) is 45.9 Å². The first kappa shape index (κ1) is 17.8. The summed E-state index contributed by atoms with van der Waals surface area (Å²) >= 11 is 5.75. The number of nitrogens with one attached hydrogen (secondary N) is 1. The van der Waals surface area contributed by atoms with E-state index >= 15 is 0 Å². The van der Waals surface area contributed by atoms with E-state index in [-0.39, 0.29) is 11.4 Å². The van der Waals surface area contributed by atoms with Gasteiger partial charge in [0.1, 0.15) is 10.7 Å². The van der Waals surface area contributed by atoms with Crippen LogP contribution in [0.25, 0.3) is 0 Å². The van der Waals surface area contributed by atoms with E-state index in [9.17, 15) is 21.6 Å². The van der Waals surface area contributed by atoms with Gasteiger partial charge >= 0.3 is 6.18 Å². The molecule has 9 heteroatoms. The maximum atomic E-state index is 12.7. The summed E-state index contributed by atoms with van der Waals surface area (Å²) in [5, 5.41) is -0.282. The standard InChI is InChI=1S/C14H13ClF3NO3S/c1-9(7-11-3-2-6-22-11)19-23(20,21)13-8-10(14(16,17)18)4-5-12(13)15/h2-6,8-9,19H,7H2,1H3. The molecule has 1 heterocycles. The topological polar surface area (TPSA) is 59.3 Å². The minimum atomic E-state index is -4.66. The van der Waals surface area contributed by atoms with Crippen molar-refractivity contribution < 1.29 is 26.0 Å². The first-order valence-corrected chi connectivity index (χ1v) is 8.37. The SMILES string of the molecule is CC(Cc1ccco1)NS(=O)(=O)c1cc(C(F)(F)F)ccc1Cl. The highest BCUT2D eigenvalue weighted by molar-refractivity contribution is 7.89. The van der Waals surface area contributed by atoms with E-state index in [2.05, 4.69) is 4.72 Å². The fraction of sp³-hybridized carbons (Fsp3) is 0.286. The molecule has 0 aliphatic heterocycles. The second-order valence-corrected chi connectivity index (χ2v) is 7.04. The molecular weight excluding hydrogens is 355 g/mol. The van der Waals surface area contributed by atoms with E-state index in [1.165, 1.54) is 6.26 Å². The highest BCUT2D eigenvalue weighted by atomic mass is 35.5. The minimum Gasteiger partial charge on any atom is -0.469 e. The number of benzene rings is 1. The Kier molecular flexibility index (Phi) is 5.07. The molecule has 1 aromatic carbocycles. The van der Waals surface area contributed by atoms with Crippen LogP contribution >= 0.6 is 11.6 Å². The van der Waals surface area contributed by atoms with E-state index in [0.29, 0.717) is 11.8 Å². The van der Waals surface area contributed by atoms with E-state index in [4.69, 9.17) is 16.0 Å². The minimum absolute atomic E-state index is 0.253. The second kappa shape index (κ2) is 6.54. The fourth-order valence-corrected chi connectivity index (χ4v) is 3.76. The van der Waals surface area contributed by atoms with Gasteiger partial charge in [-0.05, 0) is 37.3 Å². The molecule has 0 amide bonds. The average Bonchev–Trinajstić information content (AvgIpc) is 2.89. The van der Waals surface area contributed by atoms with E-state index in [1.54, 1.807) is 19.1 Å². The van der Waals surface area contributed by atoms with Gasteiger partial charge < -0.3 is 4.42 Å². The van der Waals surface area contributed by atoms with Crippen LogP contribution in [0.3, 0.4) is 0 Å². The number of rotatable bonds is 5. The Labute approximate surface area is 136 Å². The molecule has 0 saturated carbocycles. The molecule has 2 rings (SSSR count). The van der Waals surface area contributed by atoms with Crippen LogP contribution in [-0.2, 0) is 22.6 Å². The molecule has 23 heavy (non-hydrogen) atoms. The predicted octanol–water partition coefficient (Wildman–Crippen LogP) is 3.86. The van der Waals surface area contributed by atoms with Crippen LogP contribution in [-0.4, -0.2) is 14.5 Å². The largest absolute Gasteiger partial charge is 0.469 e. The maximum absolute atomic E-state index is 12.7. The van der Waals surface area contributed by atoms with Crippen molar-refractivity contribution in [3.05, 3.63) is 52.9 Å². The molecule has 2 aromatic rings. The van der Waals surface area contributed by atoms with Gasteiger partial charge in [0.05, 0.1) is 16.8 Å². The quantitative estimate of drug-likeness (QED) is 0.873. The molecule has 1 unspecified atom stereocenters. The molecular formula is C14H13ClF3NO3S. The number of hydrogen-bond acceptors (Lipinski definition) is 3. The Morgan fingerprint density at radius 3 is 2.57 bits per heavy atom. The zero-order valence-electron chi connectivity index (χ0n) is 11.9. The van der Waals surface area contributed by atoms with Crippen molar-refractivity contribution in [2.75, 3.05) is 0 Å². The van der Waals surface area contributed by atoms with Gasteiger partial charge in [0.15, 0.2) is 0 Å². The summed E-state index contributed by atoms with van der Waals surface area (Å²) in [6.45, 7) is 1.57. The molecule has 1 aromatic heterocycles. The molecule has 0 bridgehead atoms. The molecule has 0 spiro atoms. The van der Waals surface area contributed by atoms with E-state index in [0.717, 1.165) is 12.1 Å². The predicted molar refractivity (Wildman–Crippen MR) is 78.6 cm³/mol. The molecule has 1 atom stereocenters. The molecule has 126 valence electrons.